The SMILES string of the molecule is CC1(C(=O)O)CCCN(C(=O)c2cnn(-c3ccc(Cl)cc3Cl)c2)C1. The maximum Gasteiger partial charge on any atom is 0.311 e. The lowest BCUT2D eigenvalue weighted by Gasteiger charge is -2.37. The highest BCUT2D eigenvalue weighted by Gasteiger charge is 2.39. The minimum absolute atomic E-state index is 0.189. The molecule has 1 N–H and O–H groups in total. The summed E-state index contributed by atoms with van der Waals surface area (Å²) in [5, 5.41) is 14.5. The fourth-order valence-electron chi connectivity index (χ4n) is 3.00. The van der Waals surface area contributed by atoms with Crippen molar-refractivity contribution in [3.8, 4) is 5.69 Å². The number of rotatable bonds is 3. The summed E-state index contributed by atoms with van der Waals surface area (Å²) in [6.45, 7) is 2.40. The summed E-state index contributed by atoms with van der Waals surface area (Å²) in [6.07, 6.45) is 4.27. The van der Waals surface area contributed by atoms with E-state index in [-0.39, 0.29) is 12.5 Å². The average Bonchev–Trinajstić information content (AvgIpc) is 3.03. The number of likely N-dealkylation sites (tertiary alicyclic amines) is 1. The Morgan fingerprint density at radius 2 is 2.08 bits per heavy atom. The number of aliphatic carboxylic acids is 1. The number of piperidine rings is 1. The van der Waals surface area contributed by atoms with E-state index in [4.69, 9.17) is 23.2 Å². The summed E-state index contributed by atoms with van der Waals surface area (Å²) in [4.78, 5) is 25.7. The highest BCUT2D eigenvalue weighted by atomic mass is 35.5. The van der Waals surface area contributed by atoms with Crippen LogP contribution in [0.25, 0.3) is 5.69 Å². The van der Waals surface area contributed by atoms with Crippen molar-refractivity contribution in [2.45, 2.75) is 19.8 Å². The van der Waals surface area contributed by atoms with Crippen LogP contribution in [0.1, 0.15) is 30.1 Å². The predicted molar refractivity (Wildman–Crippen MR) is 94.5 cm³/mol. The molecule has 1 amide bonds. The normalized spacial score (nSPS) is 20.5. The molecule has 1 aliphatic heterocycles. The lowest BCUT2D eigenvalue weighted by atomic mass is 9.82. The number of carboxylic acid groups (broad SMARTS) is 1. The summed E-state index contributed by atoms with van der Waals surface area (Å²) < 4.78 is 1.51. The van der Waals surface area contributed by atoms with E-state index in [9.17, 15) is 14.7 Å². The first-order valence-electron chi connectivity index (χ1n) is 7.83. The zero-order valence-electron chi connectivity index (χ0n) is 13.6. The first-order valence-corrected chi connectivity index (χ1v) is 8.58. The van der Waals surface area contributed by atoms with E-state index in [1.54, 1.807) is 36.2 Å². The van der Waals surface area contributed by atoms with Crippen LogP contribution >= 0.6 is 23.2 Å². The Morgan fingerprint density at radius 1 is 1.32 bits per heavy atom. The lowest BCUT2D eigenvalue weighted by Crippen LogP contribution is -2.48. The van der Waals surface area contributed by atoms with Crippen molar-refractivity contribution in [1.29, 1.82) is 0 Å². The van der Waals surface area contributed by atoms with Gasteiger partial charge in [-0.25, -0.2) is 4.68 Å². The highest BCUT2D eigenvalue weighted by Crippen LogP contribution is 2.30. The van der Waals surface area contributed by atoms with Gasteiger partial charge in [-0.1, -0.05) is 23.2 Å². The fourth-order valence-corrected chi connectivity index (χ4v) is 3.50. The largest absolute Gasteiger partial charge is 0.481 e. The molecule has 2 heterocycles. The average molecular weight is 382 g/mol. The van der Waals surface area contributed by atoms with Gasteiger partial charge in [0.25, 0.3) is 5.91 Å². The Bertz CT molecular complexity index is 836. The van der Waals surface area contributed by atoms with E-state index in [1.807, 2.05) is 0 Å². The molecule has 1 unspecified atom stereocenters. The molecule has 0 aliphatic carbocycles. The third-order valence-corrected chi connectivity index (χ3v) is 5.02. The molecule has 0 bridgehead atoms. The van der Waals surface area contributed by atoms with Crippen LogP contribution in [0.2, 0.25) is 10.0 Å². The van der Waals surface area contributed by atoms with Gasteiger partial charge in [0.15, 0.2) is 0 Å². The Labute approximate surface area is 154 Å². The molecule has 6 nitrogen and oxygen atoms in total. The highest BCUT2D eigenvalue weighted by molar-refractivity contribution is 6.35. The zero-order valence-corrected chi connectivity index (χ0v) is 15.1. The molecule has 0 spiro atoms. The summed E-state index contributed by atoms with van der Waals surface area (Å²) in [7, 11) is 0. The number of benzene rings is 1. The minimum Gasteiger partial charge on any atom is -0.481 e. The maximum atomic E-state index is 12.7. The molecule has 1 aliphatic rings. The Hall–Kier alpha value is -2.05. The molecule has 8 heteroatoms. The maximum absolute atomic E-state index is 12.7. The molecule has 1 aromatic heterocycles. The predicted octanol–water partition coefficient (Wildman–Crippen LogP) is 3.51. The number of amides is 1. The van der Waals surface area contributed by atoms with Gasteiger partial charge in [0.05, 0.1) is 27.9 Å². The quantitative estimate of drug-likeness (QED) is 0.882. The van der Waals surface area contributed by atoms with Crippen LogP contribution in [-0.2, 0) is 4.79 Å². The van der Waals surface area contributed by atoms with Gasteiger partial charge in [0, 0.05) is 24.3 Å². The van der Waals surface area contributed by atoms with Gasteiger partial charge in [-0.3, -0.25) is 9.59 Å². The molecule has 2 aromatic rings. The number of carbonyl (C=O) groups is 2. The summed E-state index contributed by atoms with van der Waals surface area (Å²) >= 11 is 12.1. The molecule has 1 fully saturated rings. The second-order valence-electron chi connectivity index (χ2n) is 6.47. The van der Waals surface area contributed by atoms with Crippen LogP contribution in [0.5, 0.6) is 0 Å². The fraction of sp³-hybridized carbons (Fsp3) is 0.353. The Balaban J connectivity index is 1.82. The van der Waals surface area contributed by atoms with E-state index in [0.29, 0.717) is 40.7 Å². The van der Waals surface area contributed by atoms with Crippen molar-refractivity contribution in [1.82, 2.24) is 14.7 Å². The van der Waals surface area contributed by atoms with E-state index >= 15 is 0 Å². The molecular weight excluding hydrogens is 365 g/mol. The Morgan fingerprint density at radius 3 is 2.76 bits per heavy atom. The number of aromatic nitrogens is 2. The monoisotopic (exact) mass is 381 g/mol. The molecule has 1 saturated heterocycles. The molecular formula is C17H17Cl2N3O3. The molecule has 1 aromatic carbocycles. The third kappa shape index (κ3) is 3.50. The number of halogens is 2. The number of hydrogen-bond donors (Lipinski definition) is 1. The van der Waals surface area contributed by atoms with Crippen molar-refractivity contribution in [2.24, 2.45) is 5.41 Å². The number of carbonyl (C=O) groups excluding carboxylic acids is 1. The first-order chi connectivity index (χ1) is 11.8. The smallest absolute Gasteiger partial charge is 0.311 e. The third-order valence-electron chi connectivity index (χ3n) is 4.49. The zero-order chi connectivity index (χ0) is 18.2. The minimum atomic E-state index is -0.913. The van der Waals surface area contributed by atoms with Gasteiger partial charge < -0.3 is 10.0 Å². The number of hydrogen-bond acceptors (Lipinski definition) is 3. The van der Waals surface area contributed by atoms with Crippen molar-refractivity contribution in [3.63, 3.8) is 0 Å². The second kappa shape index (κ2) is 6.69. The van der Waals surface area contributed by atoms with Crippen molar-refractivity contribution in [3.05, 3.63) is 46.2 Å². The van der Waals surface area contributed by atoms with Crippen LogP contribution < -0.4 is 0 Å². The molecule has 25 heavy (non-hydrogen) atoms. The standard InChI is InChI=1S/C17H17Cl2N3O3/c1-17(16(24)25)5-2-6-21(10-17)15(23)11-8-20-22(9-11)14-4-3-12(18)7-13(14)19/h3-4,7-9H,2,5-6,10H2,1H3,(H,24,25). The van der Waals surface area contributed by atoms with Gasteiger partial charge in [-0.2, -0.15) is 5.10 Å². The number of carboxylic acids is 1. The molecule has 3 rings (SSSR count). The van der Waals surface area contributed by atoms with E-state index in [1.165, 1.54) is 10.9 Å². The van der Waals surface area contributed by atoms with Crippen molar-refractivity contribution >= 4 is 35.1 Å². The van der Waals surface area contributed by atoms with E-state index in [2.05, 4.69) is 5.10 Å². The summed E-state index contributed by atoms with van der Waals surface area (Å²) in [6, 6.07) is 5.01. The summed E-state index contributed by atoms with van der Waals surface area (Å²) in [5.74, 6) is -1.11. The Kier molecular flexibility index (Phi) is 4.75. The molecule has 0 radical (unpaired) electrons. The van der Waals surface area contributed by atoms with Crippen molar-refractivity contribution < 1.29 is 14.7 Å². The van der Waals surface area contributed by atoms with Gasteiger partial charge in [-0.15, -0.1) is 0 Å². The van der Waals surface area contributed by atoms with Gasteiger partial charge in [0.1, 0.15) is 0 Å². The molecule has 1 atom stereocenters. The molecule has 0 saturated carbocycles. The van der Waals surface area contributed by atoms with E-state index in [0.717, 1.165) is 0 Å². The summed E-state index contributed by atoms with van der Waals surface area (Å²) in [5.41, 5.74) is 0.0865. The first kappa shape index (κ1) is 17.8. The van der Waals surface area contributed by atoms with Crippen molar-refractivity contribution in [2.75, 3.05) is 13.1 Å². The van der Waals surface area contributed by atoms with E-state index < -0.39 is 11.4 Å². The van der Waals surface area contributed by atoms with Crippen LogP contribution in [-0.4, -0.2) is 44.8 Å². The van der Waals surface area contributed by atoms with Crippen LogP contribution in [0.15, 0.2) is 30.6 Å². The molecule has 132 valence electrons. The topological polar surface area (TPSA) is 75.4 Å². The van der Waals surface area contributed by atoms with Crippen LogP contribution in [0.4, 0.5) is 0 Å². The van der Waals surface area contributed by atoms with Gasteiger partial charge in [0.2, 0.25) is 0 Å². The lowest BCUT2D eigenvalue weighted by molar-refractivity contribution is -0.150. The number of nitrogens with zero attached hydrogens (tertiary/aromatic N) is 3. The second-order valence-corrected chi connectivity index (χ2v) is 7.31. The van der Waals surface area contributed by atoms with Crippen LogP contribution in [0, 0.1) is 5.41 Å². The van der Waals surface area contributed by atoms with Crippen LogP contribution in [0.3, 0.4) is 0 Å². The van der Waals surface area contributed by atoms with Gasteiger partial charge >= 0.3 is 5.97 Å². The van der Waals surface area contributed by atoms with Gasteiger partial charge in [-0.05, 0) is 38.0 Å².